The van der Waals surface area contributed by atoms with E-state index in [0.717, 1.165) is 25.7 Å². The molecule has 0 aromatic heterocycles. The molecule has 2 aliphatic rings. The maximum Gasteiger partial charge on any atom is 0.246 e. The van der Waals surface area contributed by atoms with E-state index in [-0.39, 0.29) is 37.1 Å². The van der Waals surface area contributed by atoms with Gasteiger partial charge in [-0.1, -0.05) is 19.3 Å². The lowest BCUT2D eigenvalue weighted by molar-refractivity contribution is -0.139. The summed E-state index contributed by atoms with van der Waals surface area (Å²) in [5.74, 6) is -1.48. The fourth-order valence-corrected chi connectivity index (χ4v) is 5.01. The molecule has 0 aromatic carbocycles. The number of ketones is 1. The molecular weight excluding hydrogens is 452 g/mol. The lowest BCUT2D eigenvalue weighted by atomic mass is 9.82. The molecule has 200 valence electrons. The first-order valence-electron chi connectivity index (χ1n) is 12.9. The normalized spacial score (nSPS) is 21.7. The number of nitrogens with one attached hydrogen (secondary N) is 4. The largest absolute Gasteiger partial charge is 0.391 e. The van der Waals surface area contributed by atoms with Gasteiger partial charge < -0.3 is 37.8 Å². The number of hydrogen-bond donors (Lipinski definition) is 7. The van der Waals surface area contributed by atoms with E-state index < -0.39 is 35.5 Å². The fraction of sp³-hybridized carbons (Fsp3) is 0.833. The number of carbonyl (C=O) groups is 4. The summed E-state index contributed by atoms with van der Waals surface area (Å²) in [6.45, 7) is 3.94. The van der Waals surface area contributed by atoms with Gasteiger partial charge in [-0.05, 0) is 71.5 Å². The zero-order valence-electron chi connectivity index (χ0n) is 21.1. The first-order valence-corrected chi connectivity index (χ1v) is 12.9. The highest BCUT2D eigenvalue weighted by atomic mass is 16.3. The highest BCUT2D eigenvalue weighted by Gasteiger charge is 2.43. The van der Waals surface area contributed by atoms with Crippen LogP contribution in [0.3, 0.4) is 0 Å². The van der Waals surface area contributed by atoms with Gasteiger partial charge in [0.05, 0.1) is 12.1 Å². The highest BCUT2D eigenvalue weighted by Crippen LogP contribution is 2.27. The minimum absolute atomic E-state index is 0.132. The molecule has 0 radical (unpaired) electrons. The van der Waals surface area contributed by atoms with Gasteiger partial charge in [-0.25, -0.2) is 0 Å². The zero-order valence-corrected chi connectivity index (χ0v) is 21.1. The van der Waals surface area contributed by atoms with Gasteiger partial charge in [0.1, 0.15) is 11.6 Å². The molecule has 2 rings (SSSR count). The van der Waals surface area contributed by atoms with Crippen molar-refractivity contribution in [3.05, 3.63) is 0 Å². The van der Waals surface area contributed by atoms with Crippen LogP contribution in [0.2, 0.25) is 0 Å². The van der Waals surface area contributed by atoms with Crippen molar-refractivity contribution >= 4 is 23.5 Å². The average molecular weight is 497 g/mol. The Balaban J connectivity index is 2.09. The van der Waals surface area contributed by atoms with Gasteiger partial charge in [-0.15, -0.1) is 0 Å². The molecule has 0 aromatic rings. The minimum Gasteiger partial charge on any atom is -0.391 e. The van der Waals surface area contributed by atoms with Crippen LogP contribution in [0.15, 0.2) is 0 Å². The van der Waals surface area contributed by atoms with Crippen LogP contribution >= 0.6 is 0 Å². The Bertz CT molecular complexity index is 734. The number of hydrogen-bond acceptors (Lipinski definition) is 8. The Labute approximate surface area is 207 Å². The van der Waals surface area contributed by atoms with Crippen molar-refractivity contribution in [2.45, 2.75) is 101 Å². The standard InChI is InChI=1S/C24H44N6O5/c1-15(31)19(8-11-25)28-22(34)21(16(2)32)29-23(35)24(9-12-27-13-10-24)30-20(33)14-18(26)17-6-4-3-5-7-17/h16-19,21,27,32H,3-14,25-26H2,1-2H3,(H,28,34)(H,29,35)(H,30,33)/t16?,18?,19-,21-/m0/s1. The summed E-state index contributed by atoms with van der Waals surface area (Å²) in [6, 6.07) is -2.37. The molecule has 0 spiro atoms. The molecule has 1 saturated carbocycles. The summed E-state index contributed by atoms with van der Waals surface area (Å²) in [7, 11) is 0. The maximum absolute atomic E-state index is 13.4. The van der Waals surface area contributed by atoms with E-state index >= 15 is 0 Å². The number of aliphatic hydroxyl groups is 1. The van der Waals surface area contributed by atoms with E-state index in [0.29, 0.717) is 31.8 Å². The first-order chi connectivity index (χ1) is 16.6. The number of amides is 3. The van der Waals surface area contributed by atoms with Crippen molar-refractivity contribution < 1.29 is 24.3 Å². The van der Waals surface area contributed by atoms with Crippen molar-refractivity contribution in [2.24, 2.45) is 17.4 Å². The Morgan fingerprint density at radius 1 is 1.09 bits per heavy atom. The Kier molecular flexibility index (Phi) is 11.5. The first kappa shape index (κ1) is 29.2. The van der Waals surface area contributed by atoms with Crippen LogP contribution in [0, 0.1) is 5.92 Å². The van der Waals surface area contributed by atoms with E-state index in [2.05, 4.69) is 21.3 Å². The van der Waals surface area contributed by atoms with Gasteiger partial charge in [0.25, 0.3) is 0 Å². The topological polar surface area (TPSA) is 189 Å². The van der Waals surface area contributed by atoms with Crippen molar-refractivity contribution in [3.63, 3.8) is 0 Å². The Morgan fingerprint density at radius 3 is 2.26 bits per heavy atom. The van der Waals surface area contributed by atoms with Crippen LogP contribution < -0.4 is 32.7 Å². The molecule has 35 heavy (non-hydrogen) atoms. The molecular formula is C24H44N6O5. The van der Waals surface area contributed by atoms with E-state index in [1.807, 2.05) is 0 Å². The lowest BCUT2D eigenvalue weighted by Crippen LogP contribution is -2.66. The summed E-state index contributed by atoms with van der Waals surface area (Å²) in [4.78, 5) is 51.1. The van der Waals surface area contributed by atoms with E-state index in [1.54, 1.807) is 0 Å². The van der Waals surface area contributed by atoms with Gasteiger partial charge in [0.2, 0.25) is 17.7 Å². The van der Waals surface area contributed by atoms with Crippen LogP contribution in [-0.2, 0) is 19.2 Å². The summed E-state index contributed by atoms with van der Waals surface area (Å²) < 4.78 is 0. The number of aliphatic hydroxyl groups excluding tert-OH is 1. The van der Waals surface area contributed by atoms with Gasteiger partial charge in [0, 0.05) is 12.5 Å². The van der Waals surface area contributed by atoms with Crippen molar-refractivity contribution in [2.75, 3.05) is 19.6 Å². The number of carbonyl (C=O) groups excluding carboxylic acids is 4. The van der Waals surface area contributed by atoms with Crippen LogP contribution in [0.1, 0.15) is 71.6 Å². The average Bonchev–Trinajstić information content (AvgIpc) is 2.82. The number of rotatable bonds is 12. The molecule has 3 amide bonds. The molecule has 1 heterocycles. The van der Waals surface area contributed by atoms with Gasteiger partial charge in [-0.2, -0.15) is 0 Å². The van der Waals surface area contributed by atoms with Crippen LogP contribution in [0.25, 0.3) is 0 Å². The highest BCUT2D eigenvalue weighted by molar-refractivity contribution is 5.96. The third kappa shape index (κ3) is 8.52. The molecule has 9 N–H and O–H groups in total. The molecule has 0 bridgehead atoms. The molecule has 1 aliphatic heterocycles. The van der Waals surface area contributed by atoms with Crippen LogP contribution in [0.4, 0.5) is 0 Å². The lowest BCUT2D eigenvalue weighted by Gasteiger charge is -2.39. The molecule has 2 fully saturated rings. The van der Waals surface area contributed by atoms with Crippen LogP contribution in [-0.4, -0.2) is 78.0 Å². The van der Waals surface area contributed by atoms with Crippen LogP contribution in [0.5, 0.6) is 0 Å². The number of Topliss-reactive ketones (excluding diaryl/α,β-unsaturated/α-hetero) is 1. The molecule has 4 atom stereocenters. The second kappa shape index (κ2) is 13.9. The minimum atomic E-state index is -1.30. The molecule has 11 heteroatoms. The predicted octanol–water partition coefficient (Wildman–Crippen LogP) is -1.19. The monoisotopic (exact) mass is 496 g/mol. The van der Waals surface area contributed by atoms with Gasteiger partial charge in [0.15, 0.2) is 5.78 Å². The predicted molar refractivity (Wildman–Crippen MR) is 132 cm³/mol. The summed E-state index contributed by atoms with van der Waals surface area (Å²) in [6.07, 6.45) is 5.29. The number of nitrogens with two attached hydrogens (primary N) is 2. The van der Waals surface area contributed by atoms with Gasteiger partial charge >= 0.3 is 0 Å². The summed E-state index contributed by atoms with van der Waals surface area (Å²) >= 11 is 0. The Morgan fingerprint density at radius 2 is 1.71 bits per heavy atom. The van der Waals surface area contributed by atoms with E-state index in [4.69, 9.17) is 11.5 Å². The van der Waals surface area contributed by atoms with E-state index in [9.17, 15) is 24.3 Å². The van der Waals surface area contributed by atoms with Crippen molar-refractivity contribution in [1.29, 1.82) is 0 Å². The summed E-state index contributed by atoms with van der Waals surface area (Å²) in [5, 5.41) is 21.5. The molecule has 1 aliphatic carbocycles. The maximum atomic E-state index is 13.4. The van der Waals surface area contributed by atoms with E-state index in [1.165, 1.54) is 20.3 Å². The zero-order chi connectivity index (χ0) is 26.0. The SMILES string of the molecule is CC(=O)[C@H](CCN)NC(=O)[C@@H](NC(=O)C1(NC(=O)CC(N)C2CCCCC2)CCNCC1)C(C)O. The molecule has 11 nitrogen and oxygen atoms in total. The number of piperidine rings is 1. The Hall–Kier alpha value is -2.08. The van der Waals surface area contributed by atoms with Crippen molar-refractivity contribution in [3.8, 4) is 0 Å². The fourth-order valence-electron chi connectivity index (χ4n) is 5.01. The second-order valence-electron chi connectivity index (χ2n) is 10.1. The third-order valence-corrected chi connectivity index (χ3v) is 7.26. The smallest absolute Gasteiger partial charge is 0.246 e. The third-order valence-electron chi connectivity index (χ3n) is 7.26. The molecule has 2 unspecified atom stereocenters. The molecule has 1 saturated heterocycles. The van der Waals surface area contributed by atoms with Gasteiger partial charge in [-0.3, -0.25) is 19.2 Å². The second-order valence-corrected chi connectivity index (χ2v) is 10.1. The summed E-state index contributed by atoms with van der Waals surface area (Å²) in [5.41, 5.74) is 10.6. The quantitative estimate of drug-likeness (QED) is 0.175. The van der Waals surface area contributed by atoms with Crippen molar-refractivity contribution in [1.82, 2.24) is 21.3 Å².